The summed E-state index contributed by atoms with van der Waals surface area (Å²) < 4.78 is 0. The zero-order valence-corrected chi connectivity index (χ0v) is 9.32. The highest BCUT2D eigenvalue weighted by molar-refractivity contribution is 5.75. The summed E-state index contributed by atoms with van der Waals surface area (Å²) in [4.78, 5) is 0. The molecule has 0 aliphatic heterocycles. The van der Waals surface area contributed by atoms with Gasteiger partial charge in [-0.2, -0.15) is 0 Å². The number of rotatable bonds is 4. The Labute approximate surface area is 95.4 Å². The summed E-state index contributed by atoms with van der Waals surface area (Å²) in [7, 11) is 0. The van der Waals surface area contributed by atoms with Gasteiger partial charge in [0.2, 0.25) is 0 Å². The van der Waals surface area contributed by atoms with Gasteiger partial charge in [-0.25, -0.2) is 0 Å². The van der Waals surface area contributed by atoms with Crippen LogP contribution >= 0.6 is 0 Å². The Bertz CT molecular complexity index is 348. The zero-order valence-electron chi connectivity index (χ0n) is 9.32. The molecule has 0 aromatic rings. The lowest BCUT2D eigenvalue weighted by molar-refractivity contribution is 0.129. The van der Waals surface area contributed by atoms with E-state index >= 15 is 0 Å². The zero-order chi connectivity index (χ0) is 11.3. The smallest absolute Gasteiger partial charge is 0.0772 e. The Hall–Kier alpha value is -1.03. The van der Waals surface area contributed by atoms with E-state index in [9.17, 15) is 5.11 Å². The van der Waals surface area contributed by atoms with Crippen molar-refractivity contribution in [2.24, 2.45) is 23.5 Å². The van der Waals surface area contributed by atoms with E-state index in [2.05, 4.69) is 5.32 Å². The standard InChI is InChI=1S/C12H19N3O/c13-5-9(14)11(6-1-2-6)15-10-4-7-3-8(7)12(10)16/h5-8,10,12-13,15-16H,1-4,14H2/b11-9+,13-5?. The summed E-state index contributed by atoms with van der Waals surface area (Å²) in [6.45, 7) is 0. The number of aliphatic hydroxyl groups is 1. The molecule has 4 heteroatoms. The molecule has 0 spiro atoms. The van der Waals surface area contributed by atoms with Crippen LogP contribution < -0.4 is 11.1 Å². The molecule has 3 fully saturated rings. The number of fused-ring (bicyclic) bond motifs is 1. The fraction of sp³-hybridized carbons (Fsp3) is 0.750. The quantitative estimate of drug-likeness (QED) is 0.524. The average molecular weight is 221 g/mol. The van der Waals surface area contributed by atoms with Gasteiger partial charge in [0.1, 0.15) is 0 Å². The van der Waals surface area contributed by atoms with E-state index in [0.717, 1.165) is 30.9 Å². The lowest BCUT2D eigenvalue weighted by Gasteiger charge is -2.23. The number of allylic oxidation sites excluding steroid dienone is 2. The molecular formula is C12H19N3O. The minimum atomic E-state index is -0.211. The van der Waals surface area contributed by atoms with Crippen LogP contribution in [0.15, 0.2) is 11.4 Å². The molecule has 3 aliphatic rings. The Morgan fingerprint density at radius 2 is 2.12 bits per heavy atom. The molecule has 0 radical (unpaired) electrons. The first-order valence-corrected chi connectivity index (χ1v) is 6.15. The molecule has 0 aromatic carbocycles. The van der Waals surface area contributed by atoms with Gasteiger partial charge in [0.05, 0.1) is 17.8 Å². The van der Waals surface area contributed by atoms with Crippen molar-refractivity contribution in [3.8, 4) is 0 Å². The Morgan fingerprint density at radius 1 is 1.38 bits per heavy atom. The molecule has 4 unspecified atom stereocenters. The van der Waals surface area contributed by atoms with Crippen LogP contribution in [0.2, 0.25) is 0 Å². The number of hydrogen-bond acceptors (Lipinski definition) is 4. The average Bonchev–Trinajstić information content (AvgIpc) is 3.16. The van der Waals surface area contributed by atoms with E-state index in [1.54, 1.807) is 0 Å². The second-order valence-electron chi connectivity index (χ2n) is 5.42. The van der Waals surface area contributed by atoms with E-state index in [1.165, 1.54) is 12.6 Å². The van der Waals surface area contributed by atoms with Gasteiger partial charge in [0.15, 0.2) is 0 Å². The van der Waals surface area contributed by atoms with Crippen LogP contribution in [0.4, 0.5) is 0 Å². The van der Waals surface area contributed by atoms with E-state index in [0.29, 0.717) is 17.5 Å². The highest BCUT2D eigenvalue weighted by Crippen LogP contribution is 2.52. The van der Waals surface area contributed by atoms with Crippen molar-refractivity contribution in [1.82, 2.24) is 5.32 Å². The van der Waals surface area contributed by atoms with Crippen molar-refractivity contribution >= 4 is 6.21 Å². The topological polar surface area (TPSA) is 82.1 Å². The summed E-state index contributed by atoms with van der Waals surface area (Å²) >= 11 is 0. The lowest BCUT2D eigenvalue weighted by atomic mass is 10.1. The molecule has 0 saturated heterocycles. The van der Waals surface area contributed by atoms with E-state index < -0.39 is 0 Å². The molecule has 0 heterocycles. The highest BCUT2D eigenvalue weighted by atomic mass is 16.3. The maximum Gasteiger partial charge on any atom is 0.0772 e. The van der Waals surface area contributed by atoms with Crippen LogP contribution in [0.3, 0.4) is 0 Å². The Morgan fingerprint density at radius 3 is 2.62 bits per heavy atom. The van der Waals surface area contributed by atoms with Crippen molar-refractivity contribution in [2.45, 2.75) is 37.8 Å². The van der Waals surface area contributed by atoms with Crippen molar-refractivity contribution in [3.63, 3.8) is 0 Å². The van der Waals surface area contributed by atoms with Gasteiger partial charge in [-0.15, -0.1) is 0 Å². The van der Waals surface area contributed by atoms with Crippen LogP contribution in [0.25, 0.3) is 0 Å². The molecule has 0 bridgehead atoms. The summed E-state index contributed by atoms with van der Waals surface area (Å²) in [5.74, 6) is 1.76. The van der Waals surface area contributed by atoms with Crippen molar-refractivity contribution < 1.29 is 5.11 Å². The summed E-state index contributed by atoms with van der Waals surface area (Å²) in [6, 6.07) is 0.165. The van der Waals surface area contributed by atoms with Gasteiger partial charge in [-0.1, -0.05) is 0 Å². The fourth-order valence-electron chi connectivity index (χ4n) is 2.95. The Balaban J connectivity index is 1.70. The van der Waals surface area contributed by atoms with E-state index in [4.69, 9.17) is 11.1 Å². The monoisotopic (exact) mass is 221 g/mol. The molecular weight excluding hydrogens is 202 g/mol. The summed E-state index contributed by atoms with van der Waals surface area (Å²) in [5, 5.41) is 20.6. The SMILES string of the molecule is N=C/C(N)=C(\NC1CC2CC2C1O)C1CC1. The summed E-state index contributed by atoms with van der Waals surface area (Å²) in [5.41, 5.74) is 7.36. The second-order valence-corrected chi connectivity index (χ2v) is 5.42. The normalized spacial score (nSPS) is 42.3. The Kier molecular flexibility index (Phi) is 2.21. The van der Waals surface area contributed by atoms with Crippen LogP contribution in [-0.2, 0) is 0 Å². The highest BCUT2D eigenvalue weighted by Gasteiger charge is 2.53. The first-order chi connectivity index (χ1) is 7.70. The molecule has 4 atom stereocenters. The fourth-order valence-corrected chi connectivity index (χ4v) is 2.95. The molecule has 88 valence electrons. The first kappa shape index (κ1) is 10.1. The molecule has 3 rings (SSSR count). The van der Waals surface area contributed by atoms with E-state index in [1.807, 2.05) is 0 Å². The van der Waals surface area contributed by atoms with Gasteiger partial charge in [-0.05, 0) is 37.5 Å². The van der Waals surface area contributed by atoms with Gasteiger partial charge < -0.3 is 21.6 Å². The second kappa shape index (κ2) is 3.48. The number of aliphatic hydroxyl groups excluding tert-OH is 1. The lowest BCUT2D eigenvalue weighted by Crippen LogP contribution is -2.39. The van der Waals surface area contributed by atoms with Crippen molar-refractivity contribution in [3.05, 3.63) is 11.4 Å². The number of nitrogens with two attached hydrogens (primary N) is 1. The molecule has 3 saturated carbocycles. The largest absolute Gasteiger partial charge is 0.396 e. The minimum Gasteiger partial charge on any atom is -0.396 e. The molecule has 5 N–H and O–H groups in total. The van der Waals surface area contributed by atoms with Crippen LogP contribution in [0.1, 0.15) is 25.7 Å². The van der Waals surface area contributed by atoms with Crippen LogP contribution in [0.5, 0.6) is 0 Å². The minimum absolute atomic E-state index is 0.165. The van der Waals surface area contributed by atoms with Crippen molar-refractivity contribution in [1.29, 1.82) is 5.41 Å². The van der Waals surface area contributed by atoms with E-state index in [-0.39, 0.29) is 12.1 Å². The summed E-state index contributed by atoms with van der Waals surface area (Å²) in [6.07, 6.45) is 5.58. The third kappa shape index (κ3) is 1.61. The third-order valence-electron chi connectivity index (χ3n) is 4.18. The predicted octanol–water partition coefficient (Wildman–Crippen LogP) is 0.575. The first-order valence-electron chi connectivity index (χ1n) is 6.15. The molecule has 3 aliphatic carbocycles. The maximum atomic E-state index is 10.0. The van der Waals surface area contributed by atoms with Crippen molar-refractivity contribution in [2.75, 3.05) is 0 Å². The molecule has 0 aromatic heterocycles. The van der Waals surface area contributed by atoms with Crippen LogP contribution in [0, 0.1) is 23.2 Å². The molecule has 16 heavy (non-hydrogen) atoms. The van der Waals surface area contributed by atoms with Crippen LogP contribution in [-0.4, -0.2) is 23.5 Å². The van der Waals surface area contributed by atoms with Gasteiger partial charge in [0.25, 0.3) is 0 Å². The predicted molar refractivity (Wildman–Crippen MR) is 61.9 cm³/mol. The number of nitrogens with one attached hydrogen (secondary N) is 2. The van der Waals surface area contributed by atoms with Gasteiger partial charge >= 0.3 is 0 Å². The van der Waals surface area contributed by atoms with Gasteiger partial charge in [-0.3, -0.25) is 0 Å². The number of hydrogen-bond donors (Lipinski definition) is 4. The molecule has 4 nitrogen and oxygen atoms in total. The maximum absolute atomic E-state index is 10.0. The third-order valence-corrected chi connectivity index (χ3v) is 4.18. The van der Waals surface area contributed by atoms with Gasteiger partial charge in [0, 0.05) is 17.8 Å². The molecule has 0 amide bonds.